The summed E-state index contributed by atoms with van der Waals surface area (Å²) in [5.74, 6) is 3.25. The van der Waals surface area contributed by atoms with Crippen molar-refractivity contribution >= 4 is 5.78 Å². The van der Waals surface area contributed by atoms with Crippen molar-refractivity contribution in [3.8, 4) is 17.2 Å². The molecule has 1 aromatic carbocycles. The van der Waals surface area contributed by atoms with Crippen LogP contribution in [0, 0.1) is 5.92 Å². The molecule has 5 nitrogen and oxygen atoms in total. The Morgan fingerprint density at radius 1 is 1.27 bits per heavy atom. The molecule has 0 aromatic heterocycles. The topological polar surface area (TPSA) is 48.0 Å². The molecule has 0 unspecified atom stereocenters. The minimum absolute atomic E-state index is 0.147. The summed E-state index contributed by atoms with van der Waals surface area (Å²) in [4.78, 5) is 15.0. The van der Waals surface area contributed by atoms with Crippen LogP contribution in [0.15, 0.2) is 6.07 Å². The van der Waals surface area contributed by atoms with Crippen LogP contribution in [0.2, 0.25) is 0 Å². The number of likely N-dealkylation sites (tertiary alicyclic amines) is 1. The van der Waals surface area contributed by atoms with Crippen LogP contribution in [-0.2, 0) is 16.6 Å². The van der Waals surface area contributed by atoms with Gasteiger partial charge in [0.2, 0.25) is 0 Å². The fourth-order valence-corrected chi connectivity index (χ4v) is 5.78. The Balaban J connectivity index is 2.00. The maximum Gasteiger partial charge on any atom is 0.165 e. The van der Waals surface area contributed by atoms with E-state index >= 15 is 0 Å². The maximum atomic E-state index is 12.6. The van der Waals surface area contributed by atoms with E-state index in [2.05, 4.69) is 11.9 Å². The second-order valence-corrected chi connectivity index (χ2v) is 7.92. The summed E-state index contributed by atoms with van der Waals surface area (Å²) >= 11 is 0. The van der Waals surface area contributed by atoms with Crippen LogP contribution in [0.4, 0.5) is 0 Å². The first kappa shape index (κ1) is 17.7. The number of piperidine rings is 1. The van der Waals surface area contributed by atoms with E-state index in [1.165, 1.54) is 11.1 Å². The molecule has 26 heavy (non-hydrogen) atoms. The molecule has 0 radical (unpaired) electrons. The van der Waals surface area contributed by atoms with Crippen LogP contribution in [0.3, 0.4) is 0 Å². The van der Waals surface area contributed by atoms with Crippen LogP contribution >= 0.6 is 0 Å². The lowest BCUT2D eigenvalue weighted by atomic mass is 9.52. The molecule has 3 aliphatic rings. The van der Waals surface area contributed by atoms with Crippen LogP contribution in [-0.4, -0.2) is 51.1 Å². The molecular weight excluding hydrogens is 330 g/mol. The highest BCUT2D eigenvalue weighted by atomic mass is 16.5. The summed E-state index contributed by atoms with van der Waals surface area (Å²) in [6, 6.07) is 2.42. The predicted molar refractivity (Wildman–Crippen MR) is 99.5 cm³/mol. The molecule has 0 amide bonds. The van der Waals surface area contributed by atoms with E-state index in [9.17, 15) is 4.79 Å². The van der Waals surface area contributed by atoms with Gasteiger partial charge in [0.1, 0.15) is 11.5 Å². The standard InChI is InChI=1S/C21H29NO4/c1-5-26-17-11-18(24-3)20(25-4)19-14(17)10-16-15-7-6-13(23)12-21(15,19)8-9-22(16)2/h11,15-16H,5-10,12H2,1-4H3/t15-,16+,21-/m0/s1. The average molecular weight is 359 g/mol. The van der Waals surface area contributed by atoms with Gasteiger partial charge in [-0.15, -0.1) is 0 Å². The Morgan fingerprint density at radius 2 is 2.08 bits per heavy atom. The summed E-state index contributed by atoms with van der Waals surface area (Å²) in [6.07, 6.45) is 4.22. The van der Waals surface area contributed by atoms with Gasteiger partial charge in [-0.05, 0) is 45.7 Å². The lowest BCUT2D eigenvalue weighted by Gasteiger charge is -2.58. The molecular formula is C21H29NO4. The predicted octanol–water partition coefficient (Wildman–Crippen LogP) is 2.97. The number of nitrogens with zero attached hydrogens (tertiary/aromatic N) is 1. The van der Waals surface area contributed by atoms with Crippen molar-refractivity contribution in [2.75, 3.05) is 34.4 Å². The van der Waals surface area contributed by atoms with Gasteiger partial charge < -0.3 is 19.1 Å². The highest BCUT2D eigenvalue weighted by Gasteiger charge is 2.57. The second-order valence-electron chi connectivity index (χ2n) is 7.92. The van der Waals surface area contributed by atoms with Gasteiger partial charge in [-0.1, -0.05) is 0 Å². The van der Waals surface area contributed by atoms with Gasteiger partial charge in [0.15, 0.2) is 11.5 Å². The first-order valence-electron chi connectivity index (χ1n) is 9.68. The van der Waals surface area contributed by atoms with Crippen molar-refractivity contribution in [1.29, 1.82) is 0 Å². The summed E-state index contributed by atoms with van der Waals surface area (Å²) in [5, 5.41) is 0. The number of carbonyl (C=O) groups is 1. The first-order chi connectivity index (χ1) is 12.6. The fraction of sp³-hybridized carbons (Fsp3) is 0.667. The third kappa shape index (κ3) is 2.36. The molecule has 5 heteroatoms. The monoisotopic (exact) mass is 359 g/mol. The van der Waals surface area contributed by atoms with Crippen LogP contribution in [0.1, 0.15) is 43.7 Å². The van der Waals surface area contributed by atoms with E-state index in [1.54, 1.807) is 14.2 Å². The SMILES string of the molecule is CCOc1cc(OC)c(OC)c2c1C[C@@H]1[C@@H]3CCC(=O)C[C@]23CCN1C. The molecule has 0 N–H and O–H groups in total. The molecule has 1 saturated heterocycles. The van der Waals surface area contributed by atoms with E-state index in [0.29, 0.717) is 42.9 Å². The van der Waals surface area contributed by atoms with Gasteiger partial charge in [0, 0.05) is 41.5 Å². The largest absolute Gasteiger partial charge is 0.493 e. The number of hydrogen-bond donors (Lipinski definition) is 0. The molecule has 0 spiro atoms. The molecule has 3 atom stereocenters. The lowest BCUT2D eigenvalue weighted by Crippen LogP contribution is -2.61. The van der Waals surface area contributed by atoms with Gasteiger partial charge in [-0.2, -0.15) is 0 Å². The highest BCUT2D eigenvalue weighted by Crippen LogP contribution is 2.60. The van der Waals surface area contributed by atoms with Crippen molar-refractivity contribution in [2.45, 2.75) is 50.5 Å². The minimum atomic E-state index is -0.147. The van der Waals surface area contributed by atoms with Crippen LogP contribution in [0.25, 0.3) is 0 Å². The van der Waals surface area contributed by atoms with Crippen molar-refractivity contribution in [2.24, 2.45) is 5.92 Å². The van der Waals surface area contributed by atoms with E-state index in [4.69, 9.17) is 14.2 Å². The number of likely N-dealkylation sites (N-methyl/N-ethyl adjacent to an activating group) is 1. The number of rotatable bonds is 4. The third-order valence-electron chi connectivity index (χ3n) is 6.85. The molecule has 1 heterocycles. The Labute approximate surface area is 155 Å². The Kier molecular flexibility index (Phi) is 4.38. The number of ketones is 1. The first-order valence-corrected chi connectivity index (χ1v) is 9.68. The summed E-state index contributed by atoms with van der Waals surface area (Å²) < 4.78 is 17.5. The van der Waals surface area contributed by atoms with Gasteiger partial charge >= 0.3 is 0 Å². The molecule has 1 saturated carbocycles. The number of fused-ring (bicyclic) bond motifs is 1. The maximum absolute atomic E-state index is 12.6. The second kappa shape index (κ2) is 6.45. The van der Waals surface area contributed by atoms with Crippen molar-refractivity contribution in [3.05, 3.63) is 17.2 Å². The number of Topliss-reactive ketones (excluding diaryl/α,β-unsaturated/α-hetero) is 1. The van der Waals surface area contributed by atoms with Gasteiger partial charge in [-0.25, -0.2) is 0 Å². The summed E-state index contributed by atoms with van der Waals surface area (Å²) in [5.41, 5.74) is 2.25. The zero-order chi connectivity index (χ0) is 18.5. The molecule has 1 aliphatic heterocycles. The average Bonchev–Trinajstić information content (AvgIpc) is 2.64. The number of methoxy groups -OCH3 is 2. The summed E-state index contributed by atoms with van der Waals surface area (Å²) in [7, 11) is 5.59. The molecule has 2 aliphatic carbocycles. The van der Waals surface area contributed by atoms with Crippen LogP contribution < -0.4 is 14.2 Å². The highest BCUT2D eigenvalue weighted by molar-refractivity contribution is 5.82. The van der Waals surface area contributed by atoms with Crippen molar-refractivity contribution in [1.82, 2.24) is 4.90 Å². The zero-order valence-electron chi connectivity index (χ0n) is 16.3. The van der Waals surface area contributed by atoms with E-state index in [1.807, 2.05) is 13.0 Å². The fourth-order valence-electron chi connectivity index (χ4n) is 5.78. The Hall–Kier alpha value is -1.75. The number of hydrogen-bond acceptors (Lipinski definition) is 5. The zero-order valence-corrected chi connectivity index (χ0v) is 16.3. The number of benzene rings is 1. The molecule has 4 rings (SSSR count). The van der Waals surface area contributed by atoms with E-state index in [-0.39, 0.29) is 5.41 Å². The lowest BCUT2D eigenvalue weighted by molar-refractivity contribution is -0.127. The van der Waals surface area contributed by atoms with Gasteiger partial charge in [0.25, 0.3) is 0 Å². The van der Waals surface area contributed by atoms with E-state index in [0.717, 1.165) is 37.3 Å². The van der Waals surface area contributed by atoms with Crippen LogP contribution in [0.5, 0.6) is 17.2 Å². The normalized spacial score (nSPS) is 30.4. The van der Waals surface area contributed by atoms with Crippen molar-refractivity contribution < 1.29 is 19.0 Å². The third-order valence-corrected chi connectivity index (χ3v) is 6.85. The quantitative estimate of drug-likeness (QED) is 0.827. The summed E-state index contributed by atoms with van der Waals surface area (Å²) in [6.45, 7) is 3.63. The number of ether oxygens (including phenoxy) is 3. The Bertz CT molecular complexity index is 731. The van der Waals surface area contributed by atoms with Crippen molar-refractivity contribution in [3.63, 3.8) is 0 Å². The molecule has 142 valence electrons. The van der Waals surface area contributed by atoms with Gasteiger partial charge in [-0.3, -0.25) is 4.79 Å². The molecule has 2 bridgehead atoms. The molecule has 2 fully saturated rings. The smallest absolute Gasteiger partial charge is 0.165 e. The van der Waals surface area contributed by atoms with E-state index < -0.39 is 0 Å². The Morgan fingerprint density at radius 3 is 2.77 bits per heavy atom. The minimum Gasteiger partial charge on any atom is -0.493 e. The molecule has 1 aromatic rings. The van der Waals surface area contributed by atoms with Gasteiger partial charge in [0.05, 0.1) is 20.8 Å². The number of carbonyl (C=O) groups excluding carboxylic acids is 1.